The molecule has 0 bridgehead atoms. The van der Waals surface area contributed by atoms with Crippen molar-refractivity contribution in [3.63, 3.8) is 0 Å². The number of fused-ring (bicyclic) bond motifs is 3. The van der Waals surface area contributed by atoms with Gasteiger partial charge in [0, 0.05) is 16.3 Å². The van der Waals surface area contributed by atoms with Gasteiger partial charge < -0.3 is 0 Å². The van der Waals surface area contributed by atoms with E-state index < -0.39 is 0 Å². The van der Waals surface area contributed by atoms with Gasteiger partial charge in [-0.3, -0.25) is 9.36 Å². The number of para-hydroxylation sites is 2. The van der Waals surface area contributed by atoms with E-state index in [-0.39, 0.29) is 5.12 Å². The molecule has 1 heterocycles. The zero-order valence-electron chi connectivity index (χ0n) is 12.7. The van der Waals surface area contributed by atoms with E-state index in [4.69, 9.17) is 12.2 Å². The maximum atomic E-state index is 12.5. The normalized spacial score (nSPS) is 11.0. The second kappa shape index (κ2) is 6.23. The zero-order chi connectivity index (χ0) is 16.5. The Kier molecular flexibility index (Phi) is 3.92. The number of rotatable bonds is 1. The van der Waals surface area contributed by atoms with Crippen LogP contribution in [0.25, 0.3) is 21.8 Å². The third-order valence-corrected chi connectivity index (χ3v) is 5.16. The van der Waals surface area contributed by atoms with E-state index >= 15 is 0 Å². The molecule has 4 aromatic rings. The highest BCUT2D eigenvalue weighted by atomic mass is 32.2. The van der Waals surface area contributed by atoms with E-state index in [0.29, 0.717) is 9.88 Å². The van der Waals surface area contributed by atoms with E-state index in [0.717, 1.165) is 33.6 Å². The molecule has 0 unspecified atom stereocenters. The summed E-state index contributed by atoms with van der Waals surface area (Å²) in [5.41, 5.74) is 2.71. The van der Waals surface area contributed by atoms with Gasteiger partial charge in [-0.05, 0) is 23.9 Å². The van der Waals surface area contributed by atoms with Crippen LogP contribution in [0.3, 0.4) is 0 Å². The van der Waals surface area contributed by atoms with Crippen molar-refractivity contribution in [3.05, 3.63) is 84.4 Å². The first kappa shape index (κ1) is 15.1. The Bertz CT molecular complexity index is 1010. The van der Waals surface area contributed by atoms with Gasteiger partial charge >= 0.3 is 0 Å². The molecule has 0 aliphatic rings. The Balaban J connectivity index is 1.80. The van der Waals surface area contributed by atoms with Crippen molar-refractivity contribution < 1.29 is 4.79 Å². The molecule has 2 nitrogen and oxygen atoms in total. The summed E-state index contributed by atoms with van der Waals surface area (Å²) >= 11 is 6.71. The largest absolute Gasteiger partial charge is 0.294 e. The van der Waals surface area contributed by atoms with Crippen LogP contribution in [0.15, 0.2) is 78.9 Å². The minimum Gasteiger partial charge on any atom is -0.294 e. The standard InChI is InChI=1S/C20H13NOS2/c22-19(14-8-2-1-3-9-14)24-20(23)21-17-12-6-4-10-15(17)16-11-5-7-13-18(16)21/h1-13H. The van der Waals surface area contributed by atoms with Gasteiger partial charge in [-0.15, -0.1) is 0 Å². The summed E-state index contributed by atoms with van der Waals surface area (Å²) in [5, 5.41) is 2.24. The van der Waals surface area contributed by atoms with Crippen molar-refractivity contribution in [2.75, 3.05) is 0 Å². The number of thioether (sulfide) groups is 1. The van der Waals surface area contributed by atoms with E-state index in [2.05, 4.69) is 12.1 Å². The third-order valence-electron chi connectivity index (χ3n) is 3.95. The van der Waals surface area contributed by atoms with Crippen molar-refractivity contribution in [2.24, 2.45) is 0 Å². The minimum atomic E-state index is -0.0394. The summed E-state index contributed by atoms with van der Waals surface area (Å²) in [6, 6.07) is 25.5. The van der Waals surface area contributed by atoms with Gasteiger partial charge in [0.2, 0.25) is 5.12 Å². The Morgan fingerprint density at radius 1 is 0.750 bits per heavy atom. The third kappa shape index (κ3) is 2.54. The maximum Gasteiger partial charge on any atom is 0.226 e. The van der Waals surface area contributed by atoms with Crippen molar-refractivity contribution in [1.29, 1.82) is 0 Å². The predicted octanol–water partition coefficient (Wildman–Crippen LogP) is 5.50. The smallest absolute Gasteiger partial charge is 0.226 e. The molecule has 4 rings (SSSR count). The molecule has 4 heteroatoms. The lowest BCUT2D eigenvalue weighted by molar-refractivity contribution is 0.109. The minimum absolute atomic E-state index is 0.0394. The topological polar surface area (TPSA) is 22.0 Å². The van der Waals surface area contributed by atoms with Crippen LogP contribution in [0.5, 0.6) is 0 Å². The maximum absolute atomic E-state index is 12.5. The summed E-state index contributed by atoms with van der Waals surface area (Å²) in [4.78, 5) is 12.5. The number of benzene rings is 3. The number of carbonyl (C=O) groups is 1. The van der Waals surface area contributed by atoms with Crippen LogP contribution in [0.1, 0.15) is 10.4 Å². The Morgan fingerprint density at radius 3 is 1.83 bits per heavy atom. The van der Waals surface area contributed by atoms with E-state index in [1.54, 1.807) is 0 Å². The van der Waals surface area contributed by atoms with E-state index in [1.807, 2.05) is 71.3 Å². The van der Waals surface area contributed by atoms with Crippen molar-refractivity contribution in [2.45, 2.75) is 0 Å². The molecule has 1 aromatic heterocycles. The van der Waals surface area contributed by atoms with Crippen molar-refractivity contribution in [1.82, 2.24) is 4.57 Å². The summed E-state index contributed by atoms with van der Waals surface area (Å²) in [6.45, 7) is 0. The number of hydrogen-bond donors (Lipinski definition) is 0. The van der Waals surface area contributed by atoms with Crippen LogP contribution < -0.4 is 0 Å². The molecule has 3 aromatic carbocycles. The first-order valence-electron chi connectivity index (χ1n) is 7.55. The van der Waals surface area contributed by atoms with Crippen LogP contribution in [-0.4, -0.2) is 14.0 Å². The van der Waals surface area contributed by atoms with Gasteiger partial charge in [0.1, 0.15) is 0 Å². The molecule has 0 atom stereocenters. The van der Waals surface area contributed by atoms with Crippen molar-refractivity contribution in [3.8, 4) is 0 Å². The van der Waals surface area contributed by atoms with Gasteiger partial charge in [-0.2, -0.15) is 0 Å². The van der Waals surface area contributed by atoms with Crippen LogP contribution in [-0.2, 0) is 0 Å². The number of hydrogen-bond acceptors (Lipinski definition) is 3. The monoisotopic (exact) mass is 347 g/mol. The molecular formula is C20H13NOS2. The number of aromatic nitrogens is 1. The van der Waals surface area contributed by atoms with Gasteiger partial charge in [0.05, 0.1) is 11.0 Å². The number of carbonyl (C=O) groups excluding carboxylic acids is 1. The lowest BCUT2D eigenvalue weighted by atomic mass is 10.2. The van der Waals surface area contributed by atoms with E-state index in [1.165, 1.54) is 0 Å². The van der Waals surface area contributed by atoms with Crippen LogP contribution in [0, 0.1) is 0 Å². The summed E-state index contributed by atoms with van der Waals surface area (Å²) in [7, 11) is 0. The molecule has 0 aliphatic heterocycles. The van der Waals surface area contributed by atoms with Gasteiger partial charge in [-0.1, -0.05) is 78.9 Å². The number of thiocarbonyl (C=S) groups is 1. The molecule has 0 aliphatic carbocycles. The number of nitrogens with zero attached hydrogens (tertiary/aromatic N) is 1. The first-order chi connectivity index (χ1) is 11.8. The molecule has 0 saturated carbocycles. The van der Waals surface area contributed by atoms with Gasteiger partial charge in [0.25, 0.3) is 0 Å². The highest BCUT2D eigenvalue weighted by molar-refractivity contribution is 8.33. The second-order valence-corrected chi connectivity index (χ2v) is 7.00. The first-order valence-corrected chi connectivity index (χ1v) is 8.78. The Hall–Kier alpha value is -2.43. The van der Waals surface area contributed by atoms with Crippen LogP contribution in [0.4, 0.5) is 0 Å². The molecule has 0 radical (unpaired) electrons. The molecular weight excluding hydrogens is 334 g/mol. The summed E-state index contributed by atoms with van der Waals surface area (Å²) in [6.07, 6.45) is 0. The molecule has 24 heavy (non-hydrogen) atoms. The lowest BCUT2D eigenvalue weighted by Crippen LogP contribution is -2.08. The second-order valence-electron chi connectivity index (χ2n) is 5.39. The average Bonchev–Trinajstić information content (AvgIpc) is 2.97. The average molecular weight is 347 g/mol. The van der Waals surface area contributed by atoms with E-state index in [9.17, 15) is 4.79 Å². The molecule has 0 amide bonds. The highest BCUT2D eigenvalue weighted by Gasteiger charge is 2.16. The van der Waals surface area contributed by atoms with Crippen LogP contribution in [0.2, 0.25) is 0 Å². The molecule has 0 spiro atoms. The zero-order valence-corrected chi connectivity index (χ0v) is 14.3. The summed E-state index contributed by atoms with van der Waals surface area (Å²) < 4.78 is 2.53. The fourth-order valence-electron chi connectivity index (χ4n) is 2.88. The summed E-state index contributed by atoms with van der Waals surface area (Å²) in [5.74, 6) is 0. The quantitative estimate of drug-likeness (QED) is 0.424. The van der Waals surface area contributed by atoms with Crippen molar-refractivity contribution >= 4 is 55.2 Å². The SMILES string of the molecule is O=C(SC(=S)n1c2ccccc2c2ccccc21)c1ccccc1. The molecule has 0 saturated heterocycles. The van der Waals surface area contributed by atoms with Gasteiger partial charge in [-0.25, -0.2) is 0 Å². The lowest BCUT2D eigenvalue weighted by Gasteiger charge is -2.08. The predicted molar refractivity (Wildman–Crippen MR) is 106 cm³/mol. The van der Waals surface area contributed by atoms with Gasteiger partial charge in [0.15, 0.2) is 4.32 Å². The Labute approximate surface area is 149 Å². The van der Waals surface area contributed by atoms with Crippen LogP contribution >= 0.6 is 24.0 Å². The highest BCUT2D eigenvalue weighted by Crippen LogP contribution is 2.31. The fraction of sp³-hybridized carbons (Fsp3) is 0. The molecule has 0 N–H and O–H groups in total. The Morgan fingerprint density at radius 2 is 1.25 bits per heavy atom. The molecule has 0 fully saturated rings. The molecule has 116 valence electrons. The fourth-order valence-corrected chi connectivity index (χ4v) is 4.00.